The van der Waals surface area contributed by atoms with E-state index in [9.17, 15) is 4.39 Å². The Morgan fingerprint density at radius 3 is 2.54 bits per heavy atom. The molecule has 3 atom stereocenters. The summed E-state index contributed by atoms with van der Waals surface area (Å²) in [7, 11) is 0. The predicted octanol–water partition coefficient (Wildman–Crippen LogP) is 6.64. The highest BCUT2D eigenvalue weighted by Crippen LogP contribution is 2.43. The first kappa shape index (κ1) is 26.1. The van der Waals surface area contributed by atoms with E-state index < -0.39 is 23.3 Å². The average Bonchev–Trinajstić information content (AvgIpc) is 3.44. The summed E-state index contributed by atoms with van der Waals surface area (Å²) in [4.78, 5) is 7.64. The molecule has 2 aliphatic rings. The van der Waals surface area contributed by atoms with Crippen LogP contribution in [-0.2, 0) is 6.42 Å². The van der Waals surface area contributed by atoms with Crippen molar-refractivity contribution < 1.29 is 17.9 Å². The molecule has 0 bridgehead atoms. The van der Waals surface area contributed by atoms with Crippen LogP contribution < -0.4 is 4.74 Å². The van der Waals surface area contributed by atoms with Crippen LogP contribution in [-0.4, -0.2) is 59.3 Å². The molecular formula is C30H38F3N3O. The van der Waals surface area contributed by atoms with Gasteiger partial charge in [-0.3, -0.25) is 9.80 Å². The number of hydrogen-bond donors (Lipinski definition) is 1. The van der Waals surface area contributed by atoms with E-state index in [1.165, 1.54) is 38.8 Å². The van der Waals surface area contributed by atoms with Gasteiger partial charge < -0.3 is 9.72 Å². The number of nitrogens with zero attached hydrogens (tertiary/aromatic N) is 2. The smallest absolute Gasteiger partial charge is 0.135 e. The van der Waals surface area contributed by atoms with E-state index in [0.717, 1.165) is 47.7 Å². The van der Waals surface area contributed by atoms with Crippen molar-refractivity contribution in [2.24, 2.45) is 5.92 Å². The molecule has 5 rings (SSSR count). The monoisotopic (exact) mass is 513 g/mol. The summed E-state index contributed by atoms with van der Waals surface area (Å²) < 4.78 is 52.2. The number of H-pyrrole nitrogens is 1. The first-order chi connectivity index (χ1) is 17.6. The third-order valence-corrected chi connectivity index (χ3v) is 8.03. The number of aromatic amines is 1. The van der Waals surface area contributed by atoms with Gasteiger partial charge in [-0.15, -0.1) is 0 Å². The van der Waals surface area contributed by atoms with Gasteiger partial charge in [-0.2, -0.15) is 0 Å². The van der Waals surface area contributed by atoms with Gasteiger partial charge in [0.1, 0.15) is 29.7 Å². The Morgan fingerprint density at radius 1 is 1.14 bits per heavy atom. The largest absolute Gasteiger partial charge is 0.492 e. The van der Waals surface area contributed by atoms with Crippen molar-refractivity contribution in [3.63, 3.8) is 0 Å². The minimum Gasteiger partial charge on any atom is -0.492 e. The number of hydrogen-bond acceptors (Lipinski definition) is 3. The molecule has 200 valence electrons. The fraction of sp³-hybridized carbons (Fsp3) is 0.533. The molecular weight excluding hydrogens is 475 g/mol. The highest BCUT2D eigenvalue weighted by molar-refractivity contribution is 5.85. The van der Waals surface area contributed by atoms with E-state index in [-0.39, 0.29) is 23.9 Å². The number of halogens is 3. The first-order valence-corrected chi connectivity index (χ1v) is 13.5. The van der Waals surface area contributed by atoms with Crippen LogP contribution in [0.3, 0.4) is 0 Å². The standard InChI is InChI=1S/C30H38F3N3O/c1-5-20-10-11-35(17-20)12-13-37-21-15-24(31)27(25(32)16-21)29-28-23(22-8-6-7-9-26(22)34-28)14-19(2)36(29)18-30(3,4)33/h6-9,15-16,19-20,29,34H,5,10-14,17-18H2,1-4H3/t19-,20-,29-/m1/s1. The normalized spacial score (nSPS) is 23.1. The Balaban J connectivity index is 1.46. The number of ether oxygens (including phenoxy) is 1. The maximum absolute atomic E-state index is 15.7. The number of rotatable bonds is 8. The lowest BCUT2D eigenvalue weighted by Crippen LogP contribution is -2.48. The minimum absolute atomic E-state index is 0.0549. The Hall–Kier alpha value is -2.51. The SMILES string of the molecule is CC[C@@H]1CCN(CCOc2cc(F)c([C@@H]3c4[nH]c5ccccc5c4C[C@@H](C)N3CC(C)(C)F)c(F)c2)C1. The molecule has 2 aliphatic heterocycles. The number of likely N-dealkylation sites (tertiary alicyclic amines) is 1. The van der Waals surface area contributed by atoms with Crippen LogP contribution in [0.4, 0.5) is 13.2 Å². The van der Waals surface area contributed by atoms with Crippen molar-refractivity contribution in [3.05, 3.63) is 64.9 Å². The van der Waals surface area contributed by atoms with Crippen molar-refractivity contribution in [2.45, 2.75) is 64.7 Å². The van der Waals surface area contributed by atoms with Crippen LogP contribution in [0.5, 0.6) is 5.75 Å². The zero-order valence-electron chi connectivity index (χ0n) is 22.3. The number of para-hydroxylation sites is 1. The lowest BCUT2D eigenvalue weighted by Gasteiger charge is -2.43. The molecule has 4 nitrogen and oxygen atoms in total. The van der Waals surface area contributed by atoms with E-state index in [2.05, 4.69) is 16.8 Å². The van der Waals surface area contributed by atoms with Gasteiger partial charge in [-0.05, 0) is 57.7 Å². The zero-order valence-corrected chi connectivity index (χ0v) is 22.3. The molecule has 0 amide bonds. The minimum atomic E-state index is -1.53. The highest BCUT2D eigenvalue weighted by Gasteiger charge is 2.41. The fourth-order valence-electron chi connectivity index (χ4n) is 6.15. The van der Waals surface area contributed by atoms with Gasteiger partial charge in [0.2, 0.25) is 0 Å². The number of nitrogens with one attached hydrogen (secondary N) is 1. The van der Waals surface area contributed by atoms with E-state index >= 15 is 8.78 Å². The van der Waals surface area contributed by atoms with Crippen LogP contribution in [0.25, 0.3) is 10.9 Å². The third-order valence-electron chi connectivity index (χ3n) is 8.03. The third kappa shape index (κ3) is 5.39. The van der Waals surface area contributed by atoms with Crippen LogP contribution in [0.2, 0.25) is 0 Å². The molecule has 3 aromatic rings. The second kappa shape index (κ2) is 10.3. The highest BCUT2D eigenvalue weighted by atomic mass is 19.1. The molecule has 7 heteroatoms. The molecule has 1 saturated heterocycles. The molecule has 37 heavy (non-hydrogen) atoms. The first-order valence-electron chi connectivity index (χ1n) is 13.5. The van der Waals surface area contributed by atoms with Crippen molar-refractivity contribution >= 4 is 10.9 Å². The molecule has 0 aliphatic carbocycles. The number of alkyl halides is 1. The lowest BCUT2D eigenvalue weighted by molar-refractivity contribution is 0.0642. The summed E-state index contributed by atoms with van der Waals surface area (Å²) in [5, 5.41) is 1.04. The molecule has 1 N–H and O–H groups in total. The van der Waals surface area contributed by atoms with Crippen molar-refractivity contribution in [3.8, 4) is 5.75 Å². The van der Waals surface area contributed by atoms with Gasteiger partial charge in [-0.25, -0.2) is 13.2 Å². The summed E-state index contributed by atoms with van der Waals surface area (Å²) in [5.41, 5.74) is 1.09. The van der Waals surface area contributed by atoms with E-state index in [4.69, 9.17) is 4.74 Å². The number of benzene rings is 2. The van der Waals surface area contributed by atoms with Gasteiger partial charge in [0, 0.05) is 60.0 Å². The van der Waals surface area contributed by atoms with Crippen molar-refractivity contribution in [1.82, 2.24) is 14.8 Å². The molecule has 1 fully saturated rings. The Labute approximate surface area is 217 Å². The second-order valence-electron chi connectivity index (χ2n) is 11.4. The number of aromatic nitrogens is 1. The van der Waals surface area contributed by atoms with E-state index in [1.807, 2.05) is 36.1 Å². The zero-order chi connectivity index (χ0) is 26.3. The summed E-state index contributed by atoms with van der Waals surface area (Å²) in [6.07, 6.45) is 3.03. The van der Waals surface area contributed by atoms with Gasteiger partial charge >= 0.3 is 0 Å². The number of fused-ring (bicyclic) bond motifs is 3. The Kier molecular flexibility index (Phi) is 7.29. The van der Waals surface area contributed by atoms with Crippen LogP contribution in [0.1, 0.15) is 63.4 Å². The van der Waals surface area contributed by atoms with E-state index in [0.29, 0.717) is 13.0 Å². The Morgan fingerprint density at radius 2 is 1.86 bits per heavy atom. The summed E-state index contributed by atoms with van der Waals surface area (Å²) in [6, 6.07) is 9.56. The quantitative estimate of drug-likeness (QED) is 0.366. The van der Waals surface area contributed by atoms with Gasteiger partial charge in [-0.1, -0.05) is 31.5 Å². The molecule has 1 aromatic heterocycles. The van der Waals surface area contributed by atoms with Crippen LogP contribution in [0, 0.1) is 17.6 Å². The van der Waals surface area contributed by atoms with Crippen LogP contribution >= 0.6 is 0 Å². The summed E-state index contributed by atoms with van der Waals surface area (Å²) in [5.74, 6) is -0.442. The van der Waals surface area contributed by atoms with E-state index in [1.54, 1.807) is 0 Å². The molecule has 0 spiro atoms. The Bertz CT molecular complexity index is 1230. The fourth-order valence-corrected chi connectivity index (χ4v) is 6.15. The van der Waals surface area contributed by atoms with Crippen LogP contribution in [0.15, 0.2) is 36.4 Å². The second-order valence-corrected chi connectivity index (χ2v) is 11.4. The van der Waals surface area contributed by atoms with Gasteiger partial charge in [0.05, 0.1) is 6.04 Å². The molecule has 0 saturated carbocycles. The average molecular weight is 514 g/mol. The predicted molar refractivity (Wildman–Crippen MR) is 142 cm³/mol. The lowest BCUT2D eigenvalue weighted by atomic mass is 9.87. The maximum Gasteiger partial charge on any atom is 0.135 e. The van der Waals surface area contributed by atoms with Gasteiger partial charge in [0.25, 0.3) is 0 Å². The molecule has 3 heterocycles. The molecule has 0 unspecified atom stereocenters. The molecule has 0 radical (unpaired) electrons. The van der Waals surface area contributed by atoms with Gasteiger partial charge in [0.15, 0.2) is 0 Å². The van der Waals surface area contributed by atoms with Crippen molar-refractivity contribution in [1.29, 1.82) is 0 Å². The maximum atomic E-state index is 15.7. The summed E-state index contributed by atoms with van der Waals surface area (Å²) in [6.45, 7) is 10.5. The summed E-state index contributed by atoms with van der Waals surface area (Å²) >= 11 is 0. The molecule has 2 aromatic carbocycles. The van der Waals surface area contributed by atoms with Crippen molar-refractivity contribution in [2.75, 3.05) is 32.8 Å². The topological polar surface area (TPSA) is 31.5 Å².